The number of ether oxygens (including phenoxy) is 1. The molecule has 0 aliphatic carbocycles. The first-order chi connectivity index (χ1) is 21.4. The first-order valence-electron chi connectivity index (χ1n) is 13.9. The van der Waals surface area contributed by atoms with Crippen molar-refractivity contribution >= 4 is 45.9 Å². The van der Waals surface area contributed by atoms with E-state index in [0.717, 1.165) is 16.7 Å². The first kappa shape index (κ1) is 32.1. The third-order valence-electron chi connectivity index (χ3n) is 6.94. The number of benzene rings is 3. The topological polar surface area (TPSA) is 84.6 Å². The lowest BCUT2D eigenvalue weighted by Gasteiger charge is -2.22. The van der Waals surface area contributed by atoms with E-state index in [-0.39, 0.29) is 34.4 Å². The Morgan fingerprint density at radius 1 is 1.09 bits per heavy atom. The molecule has 234 valence electrons. The Labute approximate surface area is 266 Å². The summed E-state index contributed by atoms with van der Waals surface area (Å²) in [6.45, 7) is 6.46. The number of carbonyl (C=O) groups excluding carboxylic acids is 1. The molecule has 0 radical (unpaired) electrons. The zero-order valence-corrected chi connectivity index (χ0v) is 26.0. The number of thioether (sulfide) groups is 1. The van der Waals surface area contributed by atoms with Crippen molar-refractivity contribution in [1.82, 2.24) is 20.1 Å². The summed E-state index contributed by atoms with van der Waals surface area (Å²) < 4.78 is 56.8. The molecule has 0 saturated carbocycles. The van der Waals surface area contributed by atoms with E-state index in [1.165, 1.54) is 64.1 Å². The largest absolute Gasteiger partial charge is 0.573 e. The van der Waals surface area contributed by atoms with Gasteiger partial charge in [-0.15, -0.1) is 18.3 Å². The van der Waals surface area contributed by atoms with Gasteiger partial charge in [-0.05, 0) is 71.6 Å². The number of nitrogens with zero attached hydrogens (tertiary/aromatic N) is 5. The summed E-state index contributed by atoms with van der Waals surface area (Å²) in [6, 6.07) is 17.4. The van der Waals surface area contributed by atoms with Crippen LogP contribution in [-0.2, 0) is 4.79 Å². The second-order valence-corrected chi connectivity index (χ2v) is 11.9. The van der Waals surface area contributed by atoms with E-state index in [0.29, 0.717) is 28.9 Å². The molecule has 1 aromatic heterocycles. The maximum absolute atomic E-state index is 14.1. The molecule has 1 saturated heterocycles. The van der Waals surface area contributed by atoms with Crippen molar-refractivity contribution in [3.63, 3.8) is 0 Å². The molecule has 3 aromatic carbocycles. The molecule has 1 unspecified atom stereocenters. The summed E-state index contributed by atoms with van der Waals surface area (Å²) in [5.74, 6) is -0.179. The molecule has 5 rings (SSSR count). The standard InChI is InChI=1S/C31H28F4N6O2S2/c1-18(2)25-13-8-22(32)14-26(25)41-27(42)16-45-30(41)38-29(44)36-15-19(3)20-4-6-21(7-5-20)28-37-17-40(39-28)23-9-11-24(12-10-23)43-31(33,34)35/h4-14,17-19H,15-16H2,1-3H3,(H,36,44). The van der Waals surface area contributed by atoms with Crippen LogP contribution >= 0.6 is 24.0 Å². The van der Waals surface area contributed by atoms with Gasteiger partial charge in [-0.1, -0.05) is 62.9 Å². The molecule has 4 aromatic rings. The number of alkyl halides is 3. The van der Waals surface area contributed by atoms with Crippen LogP contribution in [0.3, 0.4) is 0 Å². The molecule has 1 aliphatic heterocycles. The van der Waals surface area contributed by atoms with Crippen LogP contribution in [0.1, 0.15) is 43.7 Å². The third-order valence-corrected chi connectivity index (χ3v) is 8.10. The first-order valence-corrected chi connectivity index (χ1v) is 15.3. The van der Waals surface area contributed by atoms with Crippen LogP contribution in [0.25, 0.3) is 17.1 Å². The van der Waals surface area contributed by atoms with Crippen molar-refractivity contribution < 1.29 is 27.1 Å². The zero-order chi connectivity index (χ0) is 32.3. The number of halogens is 4. The van der Waals surface area contributed by atoms with Gasteiger partial charge in [0.2, 0.25) is 5.91 Å². The number of rotatable bonds is 8. The summed E-state index contributed by atoms with van der Waals surface area (Å²) in [5, 5.41) is 8.21. The van der Waals surface area contributed by atoms with E-state index < -0.39 is 12.2 Å². The highest BCUT2D eigenvalue weighted by atomic mass is 32.2. The van der Waals surface area contributed by atoms with Crippen LogP contribution in [0.15, 0.2) is 78.0 Å². The zero-order valence-electron chi connectivity index (χ0n) is 24.4. The number of thiocarbonyl (C=S) groups is 1. The summed E-state index contributed by atoms with van der Waals surface area (Å²) in [5.41, 5.74) is 3.63. The number of amidine groups is 1. The van der Waals surface area contributed by atoms with Gasteiger partial charge in [-0.3, -0.25) is 9.69 Å². The molecular formula is C31H28F4N6O2S2. The van der Waals surface area contributed by atoms with E-state index in [4.69, 9.17) is 12.2 Å². The Morgan fingerprint density at radius 2 is 1.80 bits per heavy atom. The van der Waals surface area contributed by atoms with Crippen LogP contribution in [0.2, 0.25) is 0 Å². The Morgan fingerprint density at radius 3 is 2.47 bits per heavy atom. The predicted molar refractivity (Wildman–Crippen MR) is 170 cm³/mol. The molecule has 0 bridgehead atoms. The molecule has 0 spiro atoms. The van der Waals surface area contributed by atoms with Gasteiger partial charge in [-0.25, -0.2) is 14.1 Å². The van der Waals surface area contributed by atoms with Crippen molar-refractivity contribution in [3.05, 3.63) is 90.0 Å². The molecule has 8 nitrogen and oxygen atoms in total. The van der Waals surface area contributed by atoms with Gasteiger partial charge in [0.1, 0.15) is 17.9 Å². The number of aromatic nitrogens is 3. The van der Waals surface area contributed by atoms with Crippen LogP contribution in [0.5, 0.6) is 5.75 Å². The van der Waals surface area contributed by atoms with Gasteiger partial charge in [0.15, 0.2) is 16.1 Å². The number of hydrogen-bond acceptors (Lipinski definition) is 6. The molecule has 45 heavy (non-hydrogen) atoms. The number of carbonyl (C=O) groups is 1. The maximum atomic E-state index is 14.1. The molecule has 1 amide bonds. The Hall–Kier alpha value is -4.30. The highest BCUT2D eigenvalue weighted by Gasteiger charge is 2.33. The summed E-state index contributed by atoms with van der Waals surface area (Å²) in [6.07, 6.45) is -3.28. The van der Waals surface area contributed by atoms with Gasteiger partial charge < -0.3 is 10.1 Å². The van der Waals surface area contributed by atoms with E-state index in [2.05, 4.69) is 25.1 Å². The lowest BCUT2D eigenvalue weighted by atomic mass is 10.00. The average molecular weight is 657 g/mol. The number of amides is 1. The SMILES string of the molecule is CC(C)c1ccc(F)cc1N1C(=O)CSC1=NC(=S)NCC(C)c1ccc(-c2ncn(-c3ccc(OC(F)(F)F)cc3)n2)cc1. The average Bonchev–Trinajstić information content (AvgIpc) is 3.62. The number of nitrogens with one attached hydrogen (secondary N) is 1. The molecule has 1 atom stereocenters. The molecule has 1 aliphatic rings. The lowest BCUT2D eigenvalue weighted by molar-refractivity contribution is -0.274. The van der Waals surface area contributed by atoms with Gasteiger partial charge in [-0.2, -0.15) is 4.99 Å². The highest BCUT2D eigenvalue weighted by Crippen LogP contribution is 2.34. The highest BCUT2D eigenvalue weighted by molar-refractivity contribution is 8.15. The van der Waals surface area contributed by atoms with Crippen LogP contribution < -0.4 is 15.0 Å². The van der Waals surface area contributed by atoms with Gasteiger partial charge in [0, 0.05) is 12.1 Å². The van der Waals surface area contributed by atoms with Gasteiger partial charge in [0.25, 0.3) is 0 Å². The number of aliphatic imine (C=N–C) groups is 1. The fraction of sp³-hybridized carbons (Fsp3) is 0.258. The molecule has 1 fully saturated rings. The molecule has 1 N–H and O–H groups in total. The van der Waals surface area contributed by atoms with Crippen molar-refractivity contribution in [2.75, 3.05) is 17.2 Å². The van der Waals surface area contributed by atoms with E-state index in [1.54, 1.807) is 6.07 Å². The lowest BCUT2D eigenvalue weighted by Crippen LogP contribution is -2.33. The molecule has 14 heteroatoms. The molecular weight excluding hydrogens is 629 g/mol. The van der Waals surface area contributed by atoms with E-state index in [9.17, 15) is 22.4 Å². The van der Waals surface area contributed by atoms with E-state index in [1.807, 2.05) is 45.0 Å². The predicted octanol–water partition coefficient (Wildman–Crippen LogP) is 7.21. The number of anilines is 1. The van der Waals surface area contributed by atoms with Crippen LogP contribution in [0, 0.1) is 5.82 Å². The van der Waals surface area contributed by atoms with Crippen molar-refractivity contribution in [1.29, 1.82) is 0 Å². The Balaban J connectivity index is 1.20. The van der Waals surface area contributed by atoms with Gasteiger partial charge in [0.05, 0.1) is 17.1 Å². The number of hydrogen-bond donors (Lipinski definition) is 1. The molecule has 2 heterocycles. The minimum atomic E-state index is -4.76. The van der Waals surface area contributed by atoms with Crippen LogP contribution in [0.4, 0.5) is 23.2 Å². The van der Waals surface area contributed by atoms with E-state index >= 15 is 0 Å². The van der Waals surface area contributed by atoms with Crippen molar-refractivity contribution in [2.24, 2.45) is 4.99 Å². The second kappa shape index (κ2) is 13.4. The minimum Gasteiger partial charge on any atom is -0.406 e. The van der Waals surface area contributed by atoms with Gasteiger partial charge >= 0.3 is 6.36 Å². The fourth-order valence-corrected chi connectivity index (χ4v) is 5.74. The van der Waals surface area contributed by atoms with Crippen LogP contribution in [-0.4, -0.2) is 49.6 Å². The fourth-order valence-electron chi connectivity index (χ4n) is 4.65. The summed E-state index contributed by atoms with van der Waals surface area (Å²) in [7, 11) is 0. The summed E-state index contributed by atoms with van der Waals surface area (Å²) >= 11 is 6.73. The second-order valence-electron chi connectivity index (χ2n) is 10.5. The quantitative estimate of drug-likeness (QED) is 0.159. The summed E-state index contributed by atoms with van der Waals surface area (Å²) in [4.78, 5) is 23.0. The normalized spacial score (nSPS) is 15.2. The van der Waals surface area contributed by atoms with Crippen molar-refractivity contribution in [2.45, 2.75) is 39.0 Å². The van der Waals surface area contributed by atoms with Crippen molar-refractivity contribution in [3.8, 4) is 22.8 Å². The Kier molecular flexibility index (Phi) is 9.53. The maximum Gasteiger partial charge on any atom is 0.573 e. The third kappa shape index (κ3) is 7.87. The Bertz CT molecular complexity index is 1720. The minimum absolute atomic E-state index is 0.0462. The monoisotopic (exact) mass is 656 g/mol. The smallest absolute Gasteiger partial charge is 0.406 e.